The smallest absolute Gasteiger partial charge is 0.229 e. The highest BCUT2D eigenvalue weighted by molar-refractivity contribution is 9.10. The van der Waals surface area contributed by atoms with Crippen LogP contribution < -0.4 is 5.32 Å². The van der Waals surface area contributed by atoms with Gasteiger partial charge in [0.15, 0.2) is 0 Å². The number of halogens is 1. The molecule has 1 heterocycles. The fraction of sp³-hybridized carbons (Fsp3) is 0.250. The Hall–Kier alpha value is -1.68. The third kappa shape index (κ3) is 3.67. The molecule has 2 rings (SSSR count). The first-order valence-electron chi connectivity index (χ1n) is 6.44. The summed E-state index contributed by atoms with van der Waals surface area (Å²) in [5.41, 5.74) is 4.39. The Bertz CT molecular complexity index is 653. The van der Waals surface area contributed by atoms with Crippen molar-refractivity contribution in [2.24, 2.45) is 0 Å². The number of aryl methyl sites for hydroxylation is 3. The van der Waals surface area contributed by atoms with E-state index in [1.165, 1.54) is 0 Å². The van der Waals surface area contributed by atoms with E-state index in [0.717, 1.165) is 26.7 Å². The van der Waals surface area contributed by atoms with Gasteiger partial charge < -0.3 is 5.32 Å². The van der Waals surface area contributed by atoms with Gasteiger partial charge in [0, 0.05) is 10.7 Å². The minimum atomic E-state index is -0.0482. The number of anilines is 1. The zero-order valence-corrected chi connectivity index (χ0v) is 13.4. The highest BCUT2D eigenvalue weighted by atomic mass is 79.9. The van der Waals surface area contributed by atoms with Gasteiger partial charge in [0.2, 0.25) is 5.91 Å². The molecule has 0 spiro atoms. The molecular formula is C16H17BrN2O. The average Bonchev–Trinajstić information content (AvgIpc) is 2.38. The van der Waals surface area contributed by atoms with Gasteiger partial charge in [-0.3, -0.25) is 4.79 Å². The van der Waals surface area contributed by atoms with Crippen LogP contribution in [0.5, 0.6) is 0 Å². The molecule has 0 unspecified atom stereocenters. The van der Waals surface area contributed by atoms with Gasteiger partial charge in [0.1, 0.15) is 5.82 Å². The van der Waals surface area contributed by atoms with Crippen LogP contribution in [0.1, 0.15) is 22.3 Å². The highest BCUT2D eigenvalue weighted by Crippen LogP contribution is 2.18. The van der Waals surface area contributed by atoms with Crippen molar-refractivity contribution in [1.82, 2.24) is 4.98 Å². The predicted molar refractivity (Wildman–Crippen MR) is 84.9 cm³/mol. The lowest BCUT2D eigenvalue weighted by Crippen LogP contribution is -2.16. The molecule has 1 N–H and O–H groups in total. The van der Waals surface area contributed by atoms with Gasteiger partial charge in [-0.1, -0.05) is 23.8 Å². The van der Waals surface area contributed by atoms with E-state index in [4.69, 9.17) is 0 Å². The topological polar surface area (TPSA) is 42.0 Å². The molecule has 0 atom stereocenters. The van der Waals surface area contributed by atoms with Gasteiger partial charge in [-0.15, -0.1) is 0 Å². The summed E-state index contributed by atoms with van der Waals surface area (Å²) < 4.78 is 0.935. The van der Waals surface area contributed by atoms with Crippen molar-refractivity contribution in [3.8, 4) is 0 Å². The molecule has 0 saturated heterocycles. The molecule has 1 aromatic carbocycles. The van der Waals surface area contributed by atoms with Crippen molar-refractivity contribution >= 4 is 27.7 Å². The molecular weight excluding hydrogens is 316 g/mol. The van der Waals surface area contributed by atoms with Crippen molar-refractivity contribution in [3.05, 3.63) is 57.2 Å². The van der Waals surface area contributed by atoms with Crippen LogP contribution in [-0.2, 0) is 11.2 Å². The second-order valence-electron chi connectivity index (χ2n) is 4.97. The number of hydrogen-bond acceptors (Lipinski definition) is 2. The van der Waals surface area contributed by atoms with E-state index in [1.807, 2.05) is 32.9 Å². The number of aromatic nitrogens is 1. The van der Waals surface area contributed by atoms with E-state index in [0.29, 0.717) is 12.2 Å². The lowest BCUT2D eigenvalue weighted by atomic mass is 10.0. The molecule has 1 aromatic heterocycles. The van der Waals surface area contributed by atoms with Crippen LogP contribution in [0.15, 0.2) is 34.9 Å². The molecule has 2 aromatic rings. The lowest BCUT2D eigenvalue weighted by Gasteiger charge is -2.09. The summed E-state index contributed by atoms with van der Waals surface area (Å²) in [6.45, 7) is 6.01. The van der Waals surface area contributed by atoms with Crippen LogP contribution >= 0.6 is 15.9 Å². The van der Waals surface area contributed by atoms with Crippen LogP contribution in [-0.4, -0.2) is 10.9 Å². The summed E-state index contributed by atoms with van der Waals surface area (Å²) in [7, 11) is 0. The molecule has 4 heteroatoms. The second-order valence-corrected chi connectivity index (χ2v) is 5.83. The standard InChI is InChI=1S/C16H17BrN2O/c1-10-4-5-11(2)13(6-10)8-16(20)19-15-7-12(3)14(17)9-18-15/h4-7,9H,8H2,1-3H3,(H,18,19,20). The molecule has 0 aliphatic rings. The first-order chi connectivity index (χ1) is 9.45. The zero-order chi connectivity index (χ0) is 14.7. The van der Waals surface area contributed by atoms with E-state index in [2.05, 4.69) is 38.4 Å². The third-order valence-electron chi connectivity index (χ3n) is 3.17. The first kappa shape index (κ1) is 14.7. The summed E-state index contributed by atoms with van der Waals surface area (Å²) in [6.07, 6.45) is 2.06. The van der Waals surface area contributed by atoms with E-state index in [1.54, 1.807) is 6.20 Å². The average molecular weight is 333 g/mol. The maximum Gasteiger partial charge on any atom is 0.229 e. The largest absolute Gasteiger partial charge is 0.310 e. The molecule has 0 fully saturated rings. The van der Waals surface area contributed by atoms with Crippen LogP contribution in [0.4, 0.5) is 5.82 Å². The van der Waals surface area contributed by atoms with Crippen LogP contribution in [0.3, 0.4) is 0 Å². The Balaban J connectivity index is 2.09. The fourth-order valence-electron chi connectivity index (χ4n) is 1.96. The monoisotopic (exact) mass is 332 g/mol. The predicted octanol–water partition coefficient (Wildman–Crippen LogP) is 3.95. The van der Waals surface area contributed by atoms with E-state index < -0.39 is 0 Å². The summed E-state index contributed by atoms with van der Waals surface area (Å²) in [5, 5.41) is 2.83. The normalized spacial score (nSPS) is 10.4. The Morgan fingerprint density at radius 2 is 1.95 bits per heavy atom. The number of benzene rings is 1. The number of nitrogens with zero attached hydrogens (tertiary/aromatic N) is 1. The number of carbonyl (C=O) groups is 1. The molecule has 104 valence electrons. The van der Waals surface area contributed by atoms with Gasteiger partial charge in [-0.2, -0.15) is 0 Å². The first-order valence-corrected chi connectivity index (χ1v) is 7.23. The Kier molecular flexibility index (Phi) is 4.55. The SMILES string of the molecule is Cc1ccc(C)c(CC(=O)Nc2cc(C)c(Br)cn2)c1. The van der Waals surface area contributed by atoms with Crippen molar-refractivity contribution in [2.75, 3.05) is 5.32 Å². The van der Waals surface area contributed by atoms with Gasteiger partial charge >= 0.3 is 0 Å². The Morgan fingerprint density at radius 1 is 1.20 bits per heavy atom. The van der Waals surface area contributed by atoms with Gasteiger partial charge in [0.25, 0.3) is 0 Å². The van der Waals surface area contributed by atoms with Crippen LogP contribution in [0, 0.1) is 20.8 Å². The zero-order valence-electron chi connectivity index (χ0n) is 11.8. The van der Waals surface area contributed by atoms with Crippen molar-refractivity contribution in [1.29, 1.82) is 0 Å². The molecule has 1 amide bonds. The highest BCUT2D eigenvalue weighted by Gasteiger charge is 2.08. The number of hydrogen-bond donors (Lipinski definition) is 1. The van der Waals surface area contributed by atoms with Gasteiger partial charge in [-0.05, 0) is 59.5 Å². The van der Waals surface area contributed by atoms with Crippen LogP contribution in [0.2, 0.25) is 0 Å². The molecule has 3 nitrogen and oxygen atoms in total. The maximum atomic E-state index is 12.1. The Morgan fingerprint density at radius 3 is 2.65 bits per heavy atom. The summed E-state index contributed by atoms with van der Waals surface area (Å²) in [5.74, 6) is 0.536. The molecule has 0 saturated carbocycles. The number of nitrogens with one attached hydrogen (secondary N) is 1. The minimum absolute atomic E-state index is 0.0482. The molecule has 0 radical (unpaired) electrons. The molecule has 0 bridgehead atoms. The summed E-state index contributed by atoms with van der Waals surface area (Å²) in [6, 6.07) is 8.00. The quantitative estimate of drug-likeness (QED) is 0.924. The maximum absolute atomic E-state index is 12.1. The number of carbonyl (C=O) groups excluding carboxylic acids is 1. The van der Waals surface area contributed by atoms with E-state index in [9.17, 15) is 4.79 Å². The summed E-state index contributed by atoms with van der Waals surface area (Å²) >= 11 is 3.39. The van der Waals surface area contributed by atoms with Crippen molar-refractivity contribution < 1.29 is 4.79 Å². The second kappa shape index (κ2) is 6.18. The summed E-state index contributed by atoms with van der Waals surface area (Å²) in [4.78, 5) is 16.3. The lowest BCUT2D eigenvalue weighted by molar-refractivity contribution is -0.115. The van der Waals surface area contributed by atoms with Crippen molar-refractivity contribution in [2.45, 2.75) is 27.2 Å². The van der Waals surface area contributed by atoms with E-state index >= 15 is 0 Å². The molecule has 0 aliphatic carbocycles. The third-order valence-corrected chi connectivity index (χ3v) is 4.00. The van der Waals surface area contributed by atoms with E-state index in [-0.39, 0.29) is 5.91 Å². The molecule has 20 heavy (non-hydrogen) atoms. The molecule has 0 aliphatic heterocycles. The van der Waals surface area contributed by atoms with Crippen molar-refractivity contribution in [3.63, 3.8) is 0 Å². The number of amides is 1. The number of pyridine rings is 1. The van der Waals surface area contributed by atoms with Crippen LogP contribution in [0.25, 0.3) is 0 Å². The minimum Gasteiger partial charge on any atom is -0.310 e. The van der Waals surface area contributed by atoms with Gasteiger partial charge in [0.05, 0.1) is 6.42 Å². The van der Waals surface area contributed by atoms with Gasteiger partial charge in [-0.25, -0.2) is 4.98 Å². The Labute approximate surface area is 127 Å². The number of rotatable bonds is 3. The fourth-order valence-corrected chi connectivity index (χ4v) is 2.18.